The van der Waals surface area contributed by atoms with Gasteiger partial charge in [0.2, 0.25) is 0 Å². The first-order chi connectivity index (χ1) is 4.61. The first-order valence-electron chi connectivity index (χ1n) is 3.10. The Morgan fingerprint density at radius 3 is 1.50 bits per heavy atom. The highest BCUT2D eigenvalue weighted by Gasteiger charge is 2.00. The van der Waals surface area contributed by atoms with E-state index in [1.54, 1.807) is 12.1 Å². The van der Waals surface area contributed by atoms with Crippen molar-refractivity contribution < 1.29 is 10.2 Å². The quantitative estimate of drug-likeness (QED) is 0.536. The lowest BCUT2D eigenvalue weighted by Gasteiger charge is -2.01. The number of aryl methyl sites for hydroxylation is 2. The number of aromatic hydroxyl groups is 2. The molecule has 0 saturated heterocycles. The van der Waals surface area contributed by atoms with Crippen molar-refractivity contribution in [2.75, 3.05) is 0 Å². The highest BCUT2D eigenvalue weighted by atomic mass is 16.3. The van der Waals surface area contributed by atoms with E-state index in [0.717, 1.165) is 11.1 Å². The van der Waals surface area contributed by atoms with Crippen LogP contribution in [0.25, 0.3) is 0 Å². The number of hydrogen-bond donors (Lipinski definition) is 2. The summed E-state index contributed by atoms with van der Waals surface area (Å²) in [6, 6.07) is 3.09. The number of hydrogen-bond acceptors (Lipinski definition) is 2. The fourth-order valence-electron chi connectivity index (χ4n) is 0.786. The average molecular weight is 138 g/mol. The van der Waals surface area contributed by atoms with E-state index in [1.165, 1.54) is 0 Å². The van der Waals surface area contributed by atoms with Crippen LogP contribution in [0.5, 0.6) is 11.5 Å². The molecule has 2 nitrogen and oxygen atoms in total. The van der Waals surface area contributed by atoms with E-state index in [4.69, 9.17) is 10.2 Å². The van der Waals surface area contributed by atoms with Crippen LogP contribution >= 0.6 is 0 Å². The van der Waals surface area contributed by atoms with Gasteiger partial charge in [0.25, 0.3) is 0 Å². The van der Waals surface area contributed by atoms with Crippen LogP contribution in [0, 0.1) is 13.8 Å². The van der Waals surface area contributed by atoms with E-state index >= 15 is 0 Å². The highest BCUT2D eigenvalue weighted by molar-refractivity contribution is 5.44. The molecule has 0 amide bonds. The zero-order valence-corrected chi connectivity index (χ0v) is 6.05. The molecular weight excluding hydrogens is 128 g/mol. The van der Waals surface area contributed by atoms with Crippen molar-refractivity contribution in [3.8, 4) is 11.5 Å². The molecule has 0 spiro atoms. The fourth-order valence-corrected chi connectivity index (χ4v) is 0.786. The summed E-state index contributed by atoms with van der Waals surface area (Å²) in [5.41, 5.74) is 1.96. The van der Waals surface area contributed by atoms with Crippen molar-refractivity contribution >= 4 is 0 Å². The average Bonchev–Trinajstić information content (AvgIpc) is 1.84. The Bertz CT molecular complexity index is 203. The predicted octanol–water partition coefficient (Wildman–Crippen LogP) is 1.71. The van der Waals surface area contributed by atoms with Crippen molar-refractivity contribution in [2.24, 2.45) is 0 Å². The van der Waals surface area contributed by atoms with E-state index in [9.17, 15) is 0 Å². The third kappa shape index (κ3) is 1.05. The molecule has 0 aliphatic heterocycles. The Morgan fingerprint density at radius 2 is 1.20 bits per heavy atom. The van der Waals surface area contributed by atoms with E-state index in [0.29, 0.717) is 0 Å². The van der Waals surface area contributed by atoms with Crippen LogP contribution in [0.4, 0.5) is 0 Å². The Labute approximate surface area is 59.7 Å². The number of phenolic OH excluding ortho intramolecular Hbond substituents is 2. The van der Waals surface area contributed by atoms with Crippen molar-refractivity contribution in [2.45, 2.75) is 13.8 Å². The van der Waals surface area contributed by atoms with Gasteiger partial charge in [0.05, 0.1) is 0 Å². The molecular formula is C8H10O2. The smallest absolute Gasteiger partial charge is 0.157 e. The largest absolute Gasteiger partial charge is 0.504 e. The Hall–Kier alpha value is -1.18. The lowest BCUT2D eigenvalue weighted by molar-refractivity contribution is 0.403. The molecule has 0 aliphatic rings. The van der Waals surface area contributed by atoms with Crippen LogP contribution in [0.3, 0.4) is 0 Å². The van der Waals surface area contributed by atoms with Gasteiger partial charge >= 0.3 is 0 Å². The Morgan fingerprint density at radius 1 is 0.900 bits per heavy atom. The SMILES string of the molecule is Cc1cc(O)c(O)cc1C. The zero-order chi connectivity index (χ0) is 7.72. The molecule has 2 N–H and O–H groups in total. The summed E-state index contributed by atoms with van der Waals surface area (Å²) in [5, 5.41) is 17.9. The van der Waals surface area contributed by atoms with Crippen molar-refractivity contribution in [3.05, 3.63) is 23.3 Å². The molecule has 0 heterocycles. The first kappa shape index (κ1) is 6.93. The number of phenols is 2. The van der Waals surface area contributed by atoms with Gasteiger partial charge in [0, 0.05) is 0 Å². The summed E-state index contributed by atoms with van der Waals surface area (Å²) < 4.78 is 0. The van der Waals surface area contributed by atoms with Gasteiger partial charge in [-0.25, -0.2) is 0 Å². The lowest BCUT2D eigenvalue weighted by Crippen LogP contribution is -1.79. The van der Waals surface area contributed by atoms with E-state index in [1.807, 2.05) is 13.8 Å². The molecule has 0 atom stereocenters. The van der Waals surface area contributed by atoms with Crippen LogP contribution in [-0.2, 0) is 0 Å². The third-order valence-corrected chi connectivity index (χ3v) is 1.59. The molecule has 0 fully saturated rings. The van der Waals surface area contributed by atoms with Gasteiger partial charge in [-0.2, -0.15) is 0 Å². The minimum absolute atomic E-state index is 0.0527. The minimum atomic E-state index is -0.0527. The number of rotatable bonds is 0. The Kier molecular flexibility index (Phi) is 1.53. The molecule has 1 aromatic carbocycles. The van der Waals surface area contributed by atoms with Gasteiger partial charge in [0.15, 0.2) is 11.5 Å². The topological polar surface area (TPSA) is 40.5 Å². The summed E-state index contributed by atoms with van der Waals surface area (Å²) in [7, 11) is 0. The molecule has 0 saturated carbocycles. The molecule has 0 aromatic heterocycles. The maximum absolute atomic E-state index is 8.97. The highest BCUT2D eigenvalue weighted by Crippen LogP contribution is 2.26. The monoisotopic (exact) mass is 138 g/mol. The minimum Gasteiger partial charge on any atom is -0.504 e. The molecule has 1 aromatic rings. The second-order valence-corrected chi connectivity index (χ2v) is 2.43. The summed E-state index contributed by atoms with van der Waals surface area (Å²) in [5.74, 6) is -0.105. The van der Waals surface area contributed by atoms with Crippen LogP contribution < -0.4 is 0 Å². The van der Waals surface area contributed by atoms with Gasteiger partial charge in [-0.3, -0.25) is 0 Å². The van der Waals surface area contributed by atoms with Crippen LogP contribution in [0.15, 0.2) is 12.1 Å². The standard InChI is InChI=1S/C8H10O2/c1-5-3-7(9)8(10)4-6(5)2/h3-4,9-10H,1-2H3. The molecule has 2 heteroatoms. The molecule has 0 radical (unpaired) electrons. The van der Waals surface area contributed by atoms with E-state index < -0.39 is 0 Å². The van der Waals surface area contributed by atoms with E-state index in [2.05, 4.69) is 0 Å². The first-order valence-corrected chi connectivity index (χ1v) is 3.10. The molecule has 0 bridgehead atoms. The second kappa shape index (κ2) is 2.21. The van der Waals surface area contributed by atoms with Gasteiger partial charge < -0.3 is 10.2 Å². The summed E-state index contributed by atoms with van der Waals surface area (Å²) in [4.78, 5) is 0. The molecule has 0 aliphatic carbocycles. The molecule has 1 rings (SSSR count). The number of benzene rings is 1. The van der Waals surface area contributed by atoms with Gasteiger partial charge in [-0.05, 0) is 37.1 Å². The van der Waals surface area contributed by atoms with E-state index in [-0.39, 0.29) is 11.5 Å². The Balaban J connectivity index is 3.28. The molecule has 54 valence electrons. The van der Waals surface area contributed by atoms with Crippen molar-refractivity contribution in [1.82, 2.24) is 0 Å². The summed E-state index contributed by atoms with van der Waals surface area (Å²) in [6.45, 7) is 3.77. The fraction of sp³-hybridized carbons (Fsp3) is 0.250. The van der Waals surface area contributed by atoms with Crippen molar-refractivity contribution in [3.63, 3.8) is 0 Å². The van der Waals surface area contributed by atoms with Crippen molar-refractivity contribution in [1.29, 1.82) is 0 Å². The normalized spacial score (nSPS) is 9.80. The predicted molar refractivity (Wildman–Crippen MR) is 39.2 cm³/mol. The summed E-state index contributed by atoms with van der Waals surface area (Å²) in [6.07, 6.45) is 0. The van der Waals surface area contributed by atoms with Crippen LogP contribution in [0.1, 0.15) is 11.1 Å². The van der Waals surface area contributed by atoms with Gasteiger partial charge in [-0.15, -0.1) is 0 Å². The van der Waals surface area contributed by atoms with Crippen LogP contribution in [0.2, 0.25) is 0 Å². The zero-order valence-electron chi connectivity index (χ0n) is 6.05. The third-order valence-electron chi connectivity index (χ3n) is 1.59. The lowest BCUT2D eigenvalue weighted by atomic mass is 10.1. The van der Waals surface area contributed by atoms with Gasteiger partial charge in [-0.1, -0.05) is 0 Å². The second-order valence-electron chi connectivity index (χ2n) is 2.43. The molecule has 10 heavy (non-hydrogen) atoms. The maximum Gasteiger partial charge on any atom is 0.157 e. The summed E-state index contributed by atoms with van der Waals surface area (Å²) >= 11 is 0. The van der Waals surface area contributed by atoms with Gasteiger partial charge in [0.1, 0.15) is 0 Å². The molecule has 0 unspecified atom stereocenters. The maximum atomic E-state index is 8.97. The van der Waals surface area contributed by atoms with Crippen LogP contribution in [-0.4, -0.2) is 10.2 Å².